The fourth-order valence-electron chi connectivity index (χ4n) is 1.40. The molecule has 0 atom stereocenters. The Hall–Kier alpha value is -2.08. The van der Waals surface area contributed by atoms with Crippen LogP contribution in [0.25, 0.3) is 0 Å². The van der Waals surface area contributed by atoms with E-state index in [0.29, 0.717) is 0 Å². The summed E-state index contributed by atoms with van der Waals surface area (Å²) in [5.74, 6) is -2.49. The van der Waals surface area contributed by atoms with Gasteiger partial charge >= 0.3 is 0 Å². The second-order valence-corrected chi connectivity index (χ2v) is 4.12. The fraction of sp³-hybridized carbons (Fsp3) is 0.0833. The van der Waals surface area contributed by atoms with E-state index in [9.17, 15) is 13.6 Å². The molecule has 1 amide bonds. The molecular formula is C12H8ClF2N3O. The number of hydrogen-bond acceptors (Lipinski definition) is 3. The van der Waals surface area contributed by atoms with Gasteiger partial charge in [0.15, 0.2) is 5.82 Å². The first kappa shape index (κ1) is 13.4. The van der Waals surface area contributed by atoms with Crippen LogP contribution < -0.4 is 5.32 Å². The van der Waals surface area contributed by atoms with Crippen LogP contribution in [0.4, 0.5) is 14.5 Å². The van der Waals surface area contributed by atoms with Crippen molar-refractivity contribution in [2.24, 2.45) is 0 Å². The van der Waals surface area contributed by atoms with Crippen molar-refractivity contribution in [2.75, 3.05) is 5.32 Å². The van der Waals surface area contributed by atoms with Gasteiger partial charge in [-0.05, 0) is 18.6 Å². The van der Waals surface area contributed by atoms with E-state index in [1.165, 1.54) is 19.2 Å². The first-order valence-corrected chi connectivity index (χ1v) is 5.60. The standard InChI is InChI=1S/C12H8ClF2N3O/c1-6-2-3-7(14)11(10(6)15)18-12(19)8-4-16-5-9(13)17-8/h2-5H,1H3,(H,18,19). The topological polar surface area (TPSA) is 54.9 Å². The summed E-state index contributed by atoms with van der Waals surface area (Å²) in [6.45, 7) is 1.46. The van der Waals surface area contributed by atoms with Crippen LogP contribution in [0.2, 0.25) is 5.15 Å². The zero-order chi connectivity index (χ0) is 14.0. The summed E-state index contributed by atoms with van der Waals surface area (Å²) in [5.41, 5.74) is -0.437. The van der Waals surface area contributed by atoms with Crippen molar-refractivity contribution in [3.05, 3.63) is 52.6 Å². The minimum atomic E-state index is -0.869. The number of nitrogens with one attached hydrogen (secondary N) is 1. The van der Waals surface area contributed by atoms with Gasteiger partial charge in [-0.15, -0.1) is 0 Å². The molecule has 0 saturated heterocycles. The molecule has 7 heteroatoms. The van der Waals surface area contributed by atoms with E-state index in [1.807, 2.05) is 0 Å². The van der Waals surface area contributed by atoms with Crippen molar-refractivity contribution in [1.82, 2.24) is 9.97 Å². The van der Waals surface area contributed by atoms with Gasteiger partial charge in [0.1, 0.15) is 22.4 Å². The van der Waals surface area contributed by atoms with Crippen LogP contribution in [0.1, 0.15) is 16.1 Å². The van der Waals surface area contributed by atoms with Crippen molar-refractivity contribution in [1.29, 1.82) is 0 Å². The van der Waals surface area contributed by atoms with Crippen molar-refractivity contribution in [2.45, 2.75) is 6.92 Å². The summed E-state index contributed by atoms with van der Waals surface area (Å²) in [4.78, 5) is 19.1. The van der Waals surface area contributed by atoms with Crippen molar-refractivity contribution in [3.8, 4) is 0 Å². The molecule has 0 aliphatic rings. The number of aryl methyl sites for hydroxylation is 1. The van der Waals surface area contributed by atoms with Gasteiger partial charge in [0, 0.05) is 0 Å². The average Bonchev–Trinajstić information content (AvgIpc) is 2.39. The third kappa shape index (κ3) is 2.85. The van der Waals surface area contributed by atoms with Crippen LogP contribution in [0.5, 0.6) is 0 Å². The van der Waals surface area contributed by atoms with Crippen molar-refractivity contribution < 1.29 is 13.6 Å². The lowest BCUT2D eigenvalue weighted by atomic mass is 10.2. The molecule has 19 heavy (non-hydrogen) atoms. The molecule has 0 unspecified atom stereocenters. The Labute approximate surface area is 112 Å². The third-order valence-corrected chi connectivity index (χ3v) is 2.54. The highest BCUT2D eigenvalue weighted by Crippen LogP contribution is 2.22. The summed E-state index contributed by atoms with van der Waals surface area (Å²) in [6.07, 6.45) is 2.39. The Morgan fingerprint density at radius 1 is 1.32 bits per heavy atom. The molecular weight excluding hydrogens is 276 g/mol. The van der Waals surface area contributed by atoms with Gasteiger partial charge in [-0.1, -0.05) is 17.7 Å². The van der Waals surface area contributed by atoms with Gasteiger partial charge in [-0.25, -0.2) is 13.8 Å². The van der Waals surface area contributed by atoms with Crippen LogP contribution in [-0.2, 0) is 0 Å². The molecule has 0 aliphatic carbocycles. The number of nitrogens with zero attached hydrogens (tertiary/aromatic N) is 2. The maximum atomic E-state index is 13.7. The normalized spacial score (nSPS) is 10.3. The number of benzene rings is 1. The molecule has 0 spiro atoms. The van der Waals surface area contributed by atoms with E-state index in [1.54, 1.807) is 0 Å². The first-order chi connectivity index (χ1) is 8.99. The molecule has 4 nitrogen and oxygen atoms in total. The molecule has 1 aromatic carbocycles. The maximum absolute atomic E-state index is 13.7. The van der Waals surface area contributed by atoms with Gasteiger partial charge in [0.05, 0.1) is 12.4 Å². The summed E-state index contributed by atoms with van der Waals surface area (Å²) in [5, 5.41) is 2.12. The van der Waals surface area contributed by atoms with E-state index in [2.05, 4.69) is 15.3 Å². The summed E-state index contributed by atoms with van der Waals surface area (Å²) in [7, 11) is 0. The minimum absolute atomic E-state index is 0.0119. The molecule has 98 valence electrons. The Balaban J connectivity index is 2.32. The lowest BCUT2D eigenvalue weighted by Crippen LogP contribution is -2.16. The molecule has 0 fully saturated rings. The van der Waals surface area contributed by atoms with E-state index in [0.717, 1.165) is 12.3 Å². The smallest absolute Gasteiger partial charge is 0.276 e. The lowest BCUT2D eigenvalue weighted by Gasteiger charge is -2.08. The molecule has 1 heterocycles. The fourth-order valence-corrected chi connectivity index (χ4v) is 1.55. The Morgan fingerprint density at radius 3 is 2.74 bits per heavy atom. The van der Waals surface area contributed by atoms with Gasteiger partial charge in [-0.2, -0.15) is 0 Å². The van der Waals surface area contributed by atoms with Crippen molar-refractivity contribution >= 4 is 23.2 Å². The zero-order valence-corrected chi connectivity index (χ0v) is 10.5. The zero-order valence-electron chi connectivity index (χ0n) is 9.75. The van der Waals surface area contributed by atoms with Crippen molar-refractivity contribution in [3.63, 3.8) is 0 Å². The number of aromatic nitrogens is 2. The molecule has 2 rings (SSSR count). The molecule has 1 aromatic heterocycles. The highest BCUT2D eigenvalue weighted by Gasteiger charge is 2.16. The van der Waals surface area contributed by atoms with Crippen LogP contribution in [-0.4, -0.2) is 15.9 Å². The molecule has 0 aliphatic heterocycles. The monoisotopic (exact) mass is 283 g/mol. The Bertz CT molecular complexity index is 649. The van der Waals surface area contributed by atoms with Gasteiger partial charge < -0.3 is 5.32 Å². The van der Waals surface area contributed by atoms with E-state index >= 15 is 0 Å². The van der Waals surface area contributed by atoms with Crippen LogP contribution in [0, 0.1) is 18.6 Å². The maximum Gasteiger partial charge on any atom is 0.276 e. The number of rotatable bonds is 2. The quantitative estimate of drug-likeness (QED) is 0.922. The lowest BCUT2D eigenvalue weighted by molar-refractivity contribution is 0.102. The molecule has 0 radical (unpaired) electrons. The Morgan fingerprint density at radius 2 is 2.05 bits per heavy atom. The molecule has 0 saturated carbocycles. The second kappa shape index (κ2) is 5.27. The summed E-state index contributed by atoms with van der Waals surface area (Å²) < 4.78 is 27.2. The minimum Gasteiger partial charge on any atom is -0.316 e. The third-order valence-electron chi connectivity index (χ3n) is 2.36. The van der Waals surface area contributed by atoms with Gasteiger partial charge in [0.2, 0.25) is 0 Å². The number of carbonyl (C=O) groups is 1. The largest absolute Gasteiger partial charge is 0.316 e. The summed E-state index contributed by atoms with van der Waals surface area (Å²) in [6, 6.07) is 2.34. The van der Waals surface area contributed by atoms with Gasteiger partial charge in [-0.3, -0.25) is 9.78 Å². The average molecular weight is 284 g/mol. The predicted octanol–water partition coefficient (Wildman–Crippen LogP) is 2.97. The molecule has 0 bridgehead atoms. The number of anilines is 1. The van der Waals surface area contributed by atoms with E-state index < -0.39 is 23.2 Å². The highest BCUT2D eigenvalue weighted by atomic mass is 35.5. The SMILES string of the molecule is Cc1ccc(F)c(NC(=O)c2cncc(Cl)n2)c1F. The predicted molar refractivity (Wildman–Crippen MR) is 66.1 cm³/mol. The number of halogens is 3. The number of carbonyl (C=O) groups excluding carboxylic acids is 1. The van der Waals surface area contributed by atoms with Crippen LogP contribution >= 0.6 is 11.6 Å². The Kier molecular flexibility index (Phi) is 3.71. The first-order valence-electron chi connectivity index (χ1n) is 5.22. The van der Waals surface area contributed by atoms with E-state index in [4.69, 9.17) is 11.6 Å². The molecule has 2 aromatic rings. The number of hydrogen-bond donors (Lipinski definition) is 1. The van der Waals surface area contributed by atoms with Gasteiger partial charge in [0.25, 0.3) is 5.91 Å². The molecule has 1 N–H and O–H groups in total. The van der Waals surface area contributed by atoms with E-state index in [-0.39, 0.29) is 16.4 Å². The van der Waals surface area contributed by atoms with Crippen LogP contribution in [0.3, 0.4) is 0 Å². The van der Waals surface area contributed by atoms with Crippen LogP contribution in [0.15, 0.2) is 24.5 Å². The summed E-state index contributed by atoms with van der Waals surface area (Å²) >= 11 is 5.58. The second-order valence-electron chi connectivity index (χ2n) is 3.73. The number of amides is 1. The highest BCUT2D eigenvalue weighted by molar-refractivity contribution is 6.29.